The van der Waals surface area contributed by atoms with Gasteiger partial charge in [0.25, 0.3) is 0 Å². The van der Waals surface area contributed by atoms with Crippen LogP contribution in [0.2, 0.25) is 0 Å². The lowest BCUT2D eigenvalue weighted by Gasteiger charge is -2.15. The summed E-state index contributed by atoms with van der Waals surface area (Å²) < 4.78 is 5.14. The number of hydrogen-bond acceptors (Lipinski definition) is 4. The zero-order valence-corrected chi connectivity index (χ0v) is 9.91. The van der Waals surface area contributed by atoms with Crippen molar-refractivity contribution in [3.05, 3.63) is 35.4 Å². The van der Waals surface area contributed by atoms with Gasteiger partial charge in [0.1, 0.15) is 18.7 Å². The number of hydrogen-bond donors (Lipinski definition) is 1. The van der Waals surface area contributed by atoms with Crippen LogP contribution < -0.4 is 0 Å². The van der Waals surface area contributed by atoms with Gasteiger partial charge in [0, 0.05) is 0 Å². The fraction of sp³-hybridized carbons (Fsp3) is 0.308. The number of benzene rings is 1. The van der Waals surface area contributed by atoms with Gasteiger partial charge in [-0.15, -0.1) is 0 Å². The summed E-state index contributed by atoms with van der Waals surface area (Å²) in [5.41, 5.74) is 0.454. The van der Waals surface area contributed by atoms with E-state index in [0.29, 0.717) is 18.1 Å². The Balaban J connectivity index is 2.91. The van der Waals surface area contributed by atoms with Crippen molar-refractivity contribution in [3.63, 3.8) is 0 Å². The number of carbonyl (C=O) groups excluding carboxylic acids is 2. The summed E-state index contributed by atoms with van der Waals surface area (Å²) in [6, 6.07) is 6.24. The molecular formula is C13H14O5. The molecule has 0 heterocycles. The fourth-order valence-electron chi connectivity index (χ4n) is 1.51. The molecule has 0 saturated heterocycles. The topological polar surface area (TPSA) is 80.7 Å². The quantitative estimate of drug-likeness (QED) is 0.737. The van der Waals surface area contributed by atoms with Crippen LogP contribution >= 0.6 is 0 Å². The molecule has 0 amide bonds. The number of carboxylic acid groups (broad SMARTS) is 1. The molecule has 0 aliphatic heterocycles. The van der Waals surface area contributed by atoms with Crippen LogP contribution in [0.25, 0.3) is 0 Å². The van der Waals surface area contributed by atoms with Crippen LogP contribution in [0, 0.1) is 0 Å². The van der Waals surface area contributed by atoms with Crippen molar-refractivity contribution in [2.45, 2.75) is 18.9 Å². The summed E-state index contributed by atoms with van der Waals surface area (Å²) in [6.07, 6.45) is 0.619. The van der Waals surface area contributed by atoms with E-state index in [2.05, 4.69) is 0 Å². The Bertz CT molecular complexity index is 441. The predicted octanol–water partition coefficient (Wildman–Crippen LogP) is 1.27. The minimum atomic E-state index is -1.10. The molecule has 18 heavy (non-hydrogen) atoms. The van der Waals surface area contributed by atoms with Crippen molar-refractivity contribution in [1.29, 1.82) is 0 Å². The number of aromatic carboxylic acids is 1. The standard InChI is InChI=1S/C13H14O5/c1-9(6-14)18-8-10(7-15)11-4-2-3-5-12(11)13(16)17/h2-7,9-10H,8H2,1H3,(H,16,17). The molecule has 1 aromatic carbocycles. The van der Waals surface area contributed by atoms with Crippen LogP contribution in [0.15, 0.2) is 24.3 Å². The molecule has 0 saturated carbocycles. The van der Waals surface area contributed by atoms with Gasteiger partial charge in [-0.05, 0) is 18.6 Å². The van der Waals surface area contributed by atoms with Crippen molar-refractivity contribution in [3.8, 4) is 0 Å². The third-order valence-corrected chi connectivity index (χ3v) is 2.49. The molecule has 1 N–H and O–H groups in total. The molecule has 0 radical (unpaired) electrons. The minimum Gasteiger partial charge on any atom is -0.478 e. The largest absolute Gasteiger partial charge is 0.478 e. The first-order valence-electron chi connectivity index (χ1n) is 5.44. The molecule has 0 aliphatic carbocycles. The molecule has 5 nitrogen and oxygen atoms in total. The van der Waals surface area contributed by atoms with Crippen LogP contribution in [0.3, 0.4) is 0 Å². The van der Waals surface area contributed by atoms with E-state index in [4.69, 9.17) is 9.84 Å². The van der Waals surface area contributed by atoms with Crippen molar-refractivity contribution >= 4 is 18.5 Å². The zero-order chi connectivity index (χ0) is 13.5. The van der Waals surface area contributed by atoms with E-state index in [9.17, 15) is 14.4 Å². The van der Waals surface area contributed by atoms with Gasteiger partial charge in [-0.3, -0.25) is 0 Å². The van der Waals surface area contributed by atoms with Gasteiger partial charge < -0.3 is 19.4 Å². The maximum absolute atomic E-state index is 11.0. The van der Waals surface area contributed by atoms with Crippen molar-refractivity contribution in [1.82, 2.24) is 0 Å². The summed E-state index contributed by atoms with van der Waals surface area (Å²) >= 11 is 0. The number of ether oxygens (including phenoxy) is 1. The Morgan fingerprint density at radius 1 is 1.33 bits per heavy atom. The predicted molar refractivity (Wildman–Crippen MR) is 63.7 cm³/mol. The van der Waals surface area contributed by atoms with E-state index in [1.165, 1.54) is 6.07 Å². The van der Waals surface area contributed by atoms with E-state index in [0.717, 1.165) is 0 Å². The third kappa shape index (κ3) is 3.49. The molecule has 1 rings (SSSR count). The summed E-state index contributed by atoms with van der Waals surface area (Å²) in [7, 11) is 0. The number of aldehydes is 2. The molecule has 1 aromatic rings. The highest BCUT2D eigenvalue weighted by atomic mass is 16.5. The van der Waals surface area contributed by atoms with Crippen LogP contribution in [0.4, 0.5) is 0 Å². The molecule has 0 aliphatic rings. The molecule has 0 aromatic heterocycles. The van der Waals surface area contributed by atoms with E-state index in [1.54, 1.807) is 25.1 Å². The van der Waals surface area contributed by atoms with Gasteiger partial charge in [-0.1, -0.05) is 18.2 Å². The van der Waals surface area contributed by atoms with Crippen LogP contribution in [-0.4, -0.2) is 36.4 Å². The minimum absolute atomic E-state index is 0.0201. The van der Waals surface area contributed by atoms with Crippen molar-refractivity contribution in [2.75, 3.05) is 6.61 Å². The Hall–Kier alpha value is -2.01. The number of rotatable bonds is 7. The van der Waals surface area contributed by atoms with Gasteiger partial charge in [0.15, 0.2) is 0 Å². The first-order valence-corrected chi connectivity index (χ1v) is 5.44. The van der Waals surface area contributed by atoms with Crippen molar-refractivity contribution < 1.29 is 24.2 Å². The van der Waals surface area contributed by atoms with Crippen molar-refractivity contribution in [2.24, 2.45) is 0 Å². The Morgan fingerprint density at radius 3 is 2.56 bits per heavy atom. The highest BCUT2D eigenvalue weighted by molar-refractivity contribution is 5.90. The molecule has 0 fully saturated rings. The molecule has 2 atom stereocenters. The molecule has 0 spiro atoms. The van der Waals surface area contributed by atoms with E-state index < -0.39 is 18.0 Å². The molecule has 2 unspecified atom stereocenters. The van der Waals surface area contributed by atoms with Crippen LogP contribution in [-0.2, 0) is 14.3 Å². The van der Waals surface area contributed by atoms with E-state index in [1.807, 2.05) is 0 Å². The normalized spacial score (nSPS) is 13.6. The van der Waals surface area contributed by atoms with Crippen LogP contribution in [0.1, 0.15) is 28.8 Å². The fourth-order valence-corrected chi connectivity index (χ4v) is 1.51. The van der Waals surface area contributed by atoms with E-state index >= 15 is 0 Å². The Morgan fingerprint density at radius 2 is 2.00 bits per heavy atom. The second kappa shape index (κ2) is 6.66. The summed E-state index contributed by atoms with van der Waals surface area (Å²) in [5.74, 6) is -1.79. The second-order valence-electron chi connectivity index (χ2n) is 3.81. The molecule has 96 valence electrons. The SMILES string of the molecule is CC(C=O)OCC(C=O)c1ccccc1C(=O)O. The van der Waals surface area contributed by atoms with Gasteiger partial charge in [0.05, 0.1) is 18.1 Å². The monoisotopic (exact) mass is 250 g/mol. The van der Waals surface area contributed by atoms with Gasteiger partial charge in [0.2, 0.25) is 0 Å². The molecule has 0 bridgehead atoms. The third-order valence-electron chi connectivity index (χ3n) is 2.49. The maximum atomic E-state index is 11.0. The Labute approximate surface area is 104 Å². The zero-order valence-electron chi connectivity index (χ0n) is 9.91. The van der Waals surface area contributed by atoms with E-state index in [-0.39, 0.29) is 12.2 Å². The molecule has 5 heteroatoms. The Kier molecular flexibility index (Phi) is 5.20. The number of carbonyl (C=O) groups is 3. The first-order chi connectivity index (χ1) is 8.60. The molecular weight excluding hydrogens is 236 g/mol. The van der Waals surface area contributed by atoms with Crippen LogP contribution in [0.5, 0.6) is 0 Å². The summed E-state index contributed by atoms with van der Waals surface area (Å²) in [6.45, 7) is 1.53. The lowest BCUT2D eigenvalue weighted by molar-refractivity contribution is -0.119. The van der Waals surface area contributed by atoms with Gasteiger partial charge in [-0.25, -0.2) is 4.79 Å². The summed E-state index contributed by atoms with van der Waals surface area (Å²) in [5, 5.41) is 9.02. The highest BCUT2D eigenvalue weighted by Crippen LogP contribution is 2.19. The van der Waals surface area contributed by atoms with Gasteiger partial charge in [-0.2, -0.15) is 0 Å². The lowest BCUT2D eigenvalue weighted by atomic mass is 9.96. The maximum Gasteiger partial charge on any atom is 0.335 e. The average molecular weight is 250 g/mol. The second-order valence-corrected chi connectivity index (χ2v) is 3.81. The average Bonchev–Trinajstić information content (AvgIpc) is 2.39. The smallest absolute Gasteiger partial charge is 0.335 e. The lowest BCUT2D eigenvalue weighted by Crippen LogP contribution is -2.18. The van der Waals surface area contributed by atoms with Gasteiger partial charge >= 0.3 is 5.97 Å². The number of carboxylic acids is 1. The first kappa shape index (κ1) is 14.1. The summed E-state index contributed by atoms with van der Waals surface area (Å²) in [4.78, 5) is 32.5. The highest BCUT2D eigenvalue weighted by Gasteiger charge is 2.19.